The van der Waals surface area contributed by atoms with Crippen LogP contribution in [0, 0.1) is 6.92 Å². The van der Waals surface area contributed by atoms with E-state index < -0.39 is 18.6 Å². The Morgan fingerprint density at radius 1 is 1.13 bits per heavy atom. The molecule has 1 atom stereocenters. The van der Waals surface area contributed by atoms with Crippen molar-refractivity contribution in [3.8, 4) is 0 Å². The van der Waals surface area contributed by atoms with E-state index in [4.69, 9.17) is 27.4 Å². The number of halogens is 1. The topological polar surface area (TPSA) is 127 Å². The number of carboxylic acid groups (broad SMARTS) is 1. The van der Waals surface area contributed by atoms with Crippen LogP contribution in [0.25, 0.3) is 0 Å². The zero-order valence-electron chi connectivity index (χ0n) is 18.1. The third kappa shape index (κ3) is 7.77. The molecule has 1 aromatic rings. The monoisotopic (exact) mass is 453 g/mol. The molecule has 1 heterocycles. The number of hydrogen-bond donors (Lipinski definition) is 4. The van der Waals surface area contributed by atoms with Crippen molar-refractivity contribution in [1.82, 2.24) is 9.80 Å². The summed E-state index contributed by atoms with van der Waals surface area (Å²) in [4.78, 5) is 28.4. The highest BCUT2D eigenvalue weighted by Gasteiger charge is 2.33. The molecular formula is C21H33BClN3O5. The number of rotatable bonds is 11. The first-order valence-electron chi connectivity index (χ1n) is 10.8. The molecule has 31 heavy (non-hydrogen) atoms. The molecule has 8 nitrogen and oxygen atoms in total. The zero-order chi connectivity index (χ0) is 23.0. The van der Waals surface area contributed by atoms with Crippen LogP contribution < -0.4 is 5.73 Å². The Morgan fingerprint density at radius 2 is 1.77 bits per heavy atom. The van der Waals surface area contributed by atoms with E-state index in [-0.39, 0.29) is 12.2 Å². The molecule has 0 spiro atoms. The van der Waals surface area contributed by atoms with Gasteiger partial charge in [0.2, 0.25) is 0 Å². The van der Waals surface area contributed by atoms with Gasteiger partial charge in [0.05, 0.1) is 0 Å². The van der Waals surface area contributed by atoms with Gasteiger partial charge in [0.1, 0.15) is 5.54 Å². The molecule has 0 bridgehead atoms. The molecule has 0 saturated carbocycles. The summed E-state index contributed by atoms with van der Waals surface area (Å²) in [6.07, 6.45) is 2.58. The molecule has 1 aliphatic rings. The quantitative estimate of drug-likeness (QED) is 0.296. The highest BCUT2D eigenvalue weighted by Crippen LogP contribution is 2.21. The third-order valence-electron chi connectivity index (χ3n) is 5.92. The van der Waals surface area contributed by atoms with Crippen LogP contribution in [0.3, 0.4) is 0 Å². The van der Waals surface area contributed by atoms with Gasteiger partial charge in [-0.1, -0.05) is 24.4 Å². The fourth-order valence-corrected chi connectivity index (χ4v) is 3.98. The number of hydrogen-bond acceptors (Lipinski definition) is 6. The van der Waals surface area contributed by atoms with Gasteiger partial charge in [0, 0.05) is 36.8 Å². The average Bonchev–Trinajstić information content (AvgIpc) is 2.73. The minimum Gasteiger partial charge on any atom is -0.480 e. The Hall–Kier alpha value is -1.65. The van der Waals surface area contributed by atoms with Crippen molar-refractivity contribution in [2.24, 2.45) is 5.73 Å². The predicted molar refractivity (Wildman–Crippen MR) is 121 cm³/mol. The summed E-state index contributed by atoms with van der Waals surface area (Å²) < 4.78 is 0. The summed E-state index contributed by atoms with van der Waals surface area (Å²) in [5.74, 6) is -1.02. The fourth-order valence-electron chi connectivity index (χ4n) is 3.86. The van der Waals surface area contributed by atoms with E-state index in [0.717, 1.165) is 25.2 Å². The first-order chi connectivity index (χ1) is 14.6. The van der Waals surface area contributed by atoms with Crippen molar-refractivity contribution in [3.63, 3.8) is 0 Å². The first-order valence-corrected chi connectivity index (χ1v) is 11.2. The number of carboxylic acids is 1. The Balaban J connectivity index is 1.75. The lowest BCUT2D eigenvalue weighted by Gasteiger charge is -2.35. The Labute approximate surface area is 189 Å². The largest absolute Gasteiger partial charge is 0.480 e. The number of benzene rings is 1. The molecule has 0 radical (unpaired) electrons. The highest BCUT2D eigenvalue weighted by molar-refractivity contribution is 6.40. The SMILES string of the molecule is Cc1cc(C(=O)N2CCN(CCCC(N)(CCCCB(O)O)C(=O)O)CC2)ccc1Cl. The number of amides is 1. The number of unbranched alkanes of at least 4 members (excludes halogenated alkanes) is 1. The van der Waals surface area contributed by atoms with E-state index >= 15 is 0 Å². The second kappa shape index (κ2) is 11.8. The second-order valence-electron chi connectivity index (χ2n) is 8.39. The van der Waals surface area contributed by atoms with Crippen molar-refractivity contribution in [1.29, 1.82) is 0 Å². The number of carbonyl (C=O) groups is 2. The van der Waals surface area contributed by atoms with E-state index in [0.29, 0.717) is 55.8 Å². The van der Waals surface area contributed by atoms with E-state index in [1.165, 1.54) is 0 Å². The van der Waals surface area contributed by atoms with Crippen molar-refractivity contribution in [2.45, 2.75) is 50.9 Å². The van der Waals surface area contributed by atoms with Gasteiger partial charge in [0.15, 0.2) is 0 Å². The van der Waals surface area contributed by atoms with Crippen LogP contribution in [0.5, 0.6) is 0 Å². The van der Waals surface area contributed by atoms with Gasteiger partial charge in [-0.05, 0) is 62.8 Å². The standard InChI is InChI=1S/C21H33BClN3O5/c1-16-15-17(5-6-18(16)23)19(27)26-13-11-25(12-14-26)10-4-8-21(24,20(28)29)7-2-3-9-22(30)31/h5-6,15,30-31H,2-4,7-14,24H2,1H3,(H,28,29). The fraction of sp³-hybridized carbons (Fsp3) is 0.619. The minimum absolute atomic E-state index is 0.000679. The van der Waals surface area contributed by atoms with Gasteiger partial charge in [0.25, 0.3) is 5.91 Å². The van der Waals surface area contributed by atoms with Gasteiger partial charge < -0.3 is 25.8 Å². The molecule has 5 N–H and O–H groups in total. The van der Waals surface area contributed by atoms with Gasteiger partial charge in [-0.2, -0.15) is 0 Å². The number of carbonyl (C=O) groups excluding carboxylic acids is 1. The summed E-state index contributed by atoms with van der Waals surface area (Å²) >= 11 is 6.04. The Kier molecular flexibility index (Phi) is 9.77. The molecule has 2 rings (SSSR count). The summed E-state index contributed by atoms with van der Waals surface area (Å²) in [6, 6.07) is 5.30. The maximum absolute atomic E-state index is 12.7. The molecule has 172 valence electrons. The number of nitrogens with two attached hydrogens (primary N) is 1. The third-order valence-corrected chi connectivity index (χ3v) is 6.35. The van der Waals surface area contributed by atoms with Crippen molar-refractivity contribution < 1.29 is 24.7 Å². The number of aryl methyl sites for hydroxylation is 1. The Bertz CT molecular complexity index is 759. The average molecular weight is 454 g/mol. The van der Waals surface area contributed by atoms with Crippen LogP contribution >= 0.6 is 11.6 Å². The van der Waals surface area contributed by atoms with Crippen LogP contribution in [0.4, 0.5) is 0 Å². The molecule has 1 unspecified atom stereocenters. The van der Waals surface area contributed by atoms with E-state index in [1.807, 2.05) is 17.9 Å². The summed E-state index contributed by atoms with van der Waals surface area (Å²) in [6.45, 7) is 5.31. The molecule has 0 aliphatic carbocycles. The Morgan fingerprint density at radius 3 is 2.35 bits per heavy atom. The molecule has 1 fully saturated rings. The minimum atomic E-state index is -1.37. The van der Waals surface area contributed by atoms with Gasteiger partial charge >= 0.3 is 13.1 Å². The first kappa shape index (κ1) is 25.6. The van der Waals surface area contributed by atoms with E-state index in [1.54, 1.807) is 12.1 Å². The van der Waals surface area contributed by atoms with Gasteiger partial charge in [-0.15, -0.1) is 0 Å². The number of aliphatic carboxylic acids is 1. The molecule has 1 aromatic carbocycles. The predicted octanol–water partition coefficient (Wildman–Crippen LogP) is 1.61. The van der Waals surface area contributed by atoms with Gasteiger partial charge in [-0.3, -0.25) is 14.5 Å². The number of piperazine rings is 1. The van der Waals surface area contributed by atoms with Crippen molar-refractivity contribution >= 4 is 30.6 Å². The van der Waals surface area contributed by atoms with Gasteiger partial charge in [-0.25, -0.2) is 0 Å². The van der Waals surface area contributed by atoms with Crippen molar-refractivity contribution in [2.75, 3.05) is 32.7 Å². The van der Waals surface area contributed by atoms with Crippen LogP contribution in [0.1, 0.15) is 48.0 Å². The van der Waals surface area contributed by atoms with E-state index in [2.05, 4.69) is 4.90 Å². The normalized spacial score (nSPS) is 16.7. The molecule has 1 amide bonds. The molecule has 1 saturated heterocycles. The summed E-state index contributed by atoms with van der Waals surface area (Å²) in [5, 5.41) is 28.0. The molecule has 10 heteroatoms. The summed E-state index contributed by atoms with van der Waals surface area (Å²) in [7, 11) is -1.37. The lowest BCUT2D eigenvalue weighted by atomic mass is 9.81. The maximum Gasteiger partial charge on any atom is 0.451 e. The van der Waals surface area contributed by atoms with Crippen LogP contribution in [0.2, 0.25) is 11.3 Å². The van der Waals surface area contributed by atoms with Crippen LogP contribution in [0.15, 0.2) is 18.2 Å². The lowest BCUT2D eigenvalue weighted by molar-refractivity contribution is -0.144. The van der Waals surface area contributed by atoms with Crippen LogP contribution in [-0.4, -0.2) is 82.2 Å². The smallest absolute Gasteiger partial charge is 0.451 e. The second-order valence-corrected chi connectivity index (χ2v) is 8.80. The maximum atomic E-state index is 12.7. The van der Waals surface area contributed by atoms with Crippen molar-refractivity contribution in [3.05, 3.63) is 34.3 Å². The zero-order valence-corrected chi connectivity index (χ0v) is 18.9. The molecular weight excluding hydrogens is 421 g/mol. The molecule has 1 aliphatic heterocycles. The number of nitrogens with zero attached hydrogens (tertiary/aromatic N) is 2. The lowest BCUT2D eigenvalue weighted by Crippen LogP contribution is -2.50. The van der Waals surface area contributed by atoms with E-state index in [9.17, 15) is 14.7 Å². The highest BCUT2D eigenvalue weighted by atomic mass is 35.5. The van der Waals surface area contributed by atoms with Crippen LogP contribution in [-0.2, 0) is 4.79 Å². The molecule has 0 aromatic heterocycles. The summed E-state index contributed by atoms with van der Waals surface area (Å²) in [5.41, 5.74) is 6.33.